The molecule has 0 spiro atoms. The Morgan fingerprint density at radius 2 is 1.38 bits per heavy atom. The Balaban J connectivity index is 3.48. The number of hydrogen-bond donors (Lipinski definition) is 0. The summed E-state index contributed by atoms with van der Waals surface area (Å²) in [4.78, 5) is 0. The molecule has 1 rings (SSSR count). The molecule has 0 aromatic carbocycles. The molecule has 0 N–H and O–H groups in total. The Morgan fingerprint density at radius 1 is 0.917 bits per heavy atom. The number of rotatable bonds is 4. The van der Waals surface area contributed by atoms with Crippen LogP contribution < -0.4 is 0 Å². The third kappa shape index (κ3) is 7.40. The first-order valence-electron chi connectivity index (χ1n) is 8.76. The molecule has 1 saturated heterocycles. The first-order chi connectivity index (χ1) is 10.4. The van der Waals surface area contributed by atoms with Crippen molar-refractivity contribution >= 4 is 31.8 Å². The van der Waals surface area contributed by atoms with Gasteiger partial charge in [-0.05, 0) is 0 Å². The molecule has 24 heavy (non-hydrogen) atoms. The topological polar surface area (TPSA) is 0 Å². The fraction of sp³-hybridized carbons (Fsp3) is 1.00. The van der Waals surface area contributed by atoms with Gasteiger partial charge in [0.25, 0.3) is 0 Å². The fourth-order valence-corrected chi connectivity index (χ4v) is 671. The molecule has 138 valence electrons. The molecule has 10 heteroatoms. The molecule has 0 radical (unpaired) electrons. The average Bonchev–Trinajstić information content (AvgIpc) is 2.20. The molecule has 1 aliphatic rings. The molecule has 1 aliphatic heterocycles. The zero-order valence-corrected chi connectivity index (χ0v) is 29.8. The van der Waals surface area contributed by atoms with Crippen LogP contribution in [0.3, 0.4) is 0 Å². The monoisotopic (exact) mass is 622 g/mol. The third-order valence-electron chi connectivity index (χ3n) is 4.29. The van der Waals surface area contributed by atoms with Crippen LogP contribution in [0, 0.1) is 0 Å². The van der Waals surface area contributed by atoms with E-state index in [2.05, 4.69) is 69.2 Å². The molecule has 0 nitrogen and oxygen atoms in total. The molecular formula is C14H34Cl2P2Ti6. The van der Waals surface area contributed by atoms with Gasteiger partial charge >= 0.3 is 185 Å². The Morgan fingerprint density at radius 3 is 1.71 bits per heavy atom. The van der Waals surface area contributed by atoms with Gasteiger partial charge in [0.05, 0.1) is 0 Å². The van der Waals surface area contributed by atoms with Crippen molar-refractivity contribution in [3.05, 3.63) is 0 Å². The van der Waals surface area contributed by atoms with E-state index in [0.29, 0.717) is 20.2 Å². The first kappa shape index (κ1) is 27.8. The van der Waals surface area contributed by atoms with Gasteiger partial charge in [-0.3, -0.25) is 0 Å². The van der Waals surface area contributed by atoms with Crippen LogP contribution in [0.2, 0.25) is 7.44 Å². The van der Waals surface area contributed by atoms with Gasteiger partial charge < -0.3 is 0 Å². The van der Waals surface area contributed by atoms with Crippen LogP contribution in [0.4, 0.5) is 0 Å². The van der Waals surface area contributed by atoms with E-state index >= 15 is 0 Å². The Labute approximate surface area is 181 Å². The van der Waals surface area contributed by atoms with Crippen molar-refractivity contribution in [2.24, 2.45) is 0 Å². The van der Waals surface area contributed by atoms with Gasteiger partial charge in [-0.2, -0.15) is 0 Å². The normalized spacial score (nSPS) is 25.6. The number of hydrogen-bond acceptors (Lipinski definition) is 0. The minimum atomic E-state index is -3.06. The van der Waals surface area contributed by atoms with Gasteiger partial charge in [-0.15, -0.1) is 0 Å². The molecule has 1 fully saturated rings. The summed E-state index contributed by atoms with van der Waals surface area (Å²) in [5.74, 6) is 0. The summed E-state index contributed by atoms with van der Waals surface area (Å²) in [6, 6.07) is 0. The van der Waals surface area contributed by atoms with E-state index in [0.717, 1.165) is 17.9 Å². The Hall–Kier alpha value is 5.73. The van der Waals surface area contributed by atoms with Crippen LogP contribution in [-0.2, 0) is 65.6 Å². The van der Waals surface area contributed by atoms with E-state index in [4.69, 9.17) is 18.6 Å². The minimum absolute atomic E-state index is 0.0358. The van der Waals surface area contributed by atoms with Crippen molar-refractivity contribution in [3.63, 3.8) is 0 Å². The second-order valence-corrected chi connectivity index (χ2v) is 133. The van der Waals surface area contributed by atoms with Gasteiger partial charge in [0.15, 0.2) is 0 Å². The quantitative estimate of drug-likeness (QED) is 0.221. The van der Waals surface area contributed by atoms with E-state index in [1.54, 1.807) is 0 Å². The van der Waals surface area contributed by atoms with Gasteiger partial charge in [0.2, 0.25) is 0 Å². The van der Waals surface area contributed by atoms with Crippen LogP contribution in [0.25, 0.3) is 0 Å². The maximum atomic E-state index is 7.79. The summed E-state index contributed by atoms with van der Waals surface area (Å²) in [5, 5.41) is 0. The van der Waals surface area contributed by atoms with Crippen LogP contribution in [-0.4, -0.2) is 11.3 Å². The molecule has 0 bridgehead atoms. The molecule has 2 unspecified atom stereocenters. The standard InChI is InChI=1S/2C4H9.2C3H8P.2ClH.6Ti/c2*1-4(2)3;2*1-3(2)4;;;;;;;;/h2*1-3H3;2*3-4H,1-2H3;2*1H;;;;;;/q;;2*-1;;;;;;;+1;+3/p-2. The summed E-state index contributed by atoms with van der Waals surface area (Å²) < 4.78 is 1.17. The van der Waals surface area contributed by atoms with Crippen molar-refractivity contribution in [2.45, 2.75) is 88.0 Å². The van der Waals surface area contributed by atoms with Crippen LogP contribution >= 0.6 is 31.8 Å². The van der Waals surface area contributed by atoms with Crippen LogP contribution in [0.5, 0.6) is 0 Å². The van der Waals surface area contributed by atoms with Gasteiger partial charge in [0, 0.05) is 0 Å². The van der Waals surface area contributed by atoms with Crippen molar-refractivity contribution < 1.29 is 65.6 Å². The molecular weight excluding hydrogens is 588 g/mol. The summed E-state index contributed by atoms with van der Waals surface area (Å²) in [7, 11) is 12.8. The zero-order valence-electron chi connectivity index (χ0n) is 16.9. The van der Waals surface area contributed by atoms with E-state index in [1.165, 1.54) is 6.57 Å². The van der Waals surface area contributed by atoms with E-state index in [-0.39, 0.29) is 25.5 Å². The van der Waals surface area contributed by atoms with E-state index < -0.39 is 27.4 Å². The SMILES string of the molecule is CC(C)[PH][Ti]1[Ti][Ti]([C](C)(C)C)([C](C)(C)C)[Ti][Ti]([Cl])([Cl])([PH]C(C)C)[Ti]1. The predicted molar refractivity (Wildman–Crippen MR) is 98.0 cm³/mol. The summed E-state index contributed by atoms with van der Waals surface area (Å²) in [5.41, 5.74) is 1.68. The average molecular weight is 622 g/mol. The molecule has 0 saturated carbocycles. The van der Waals surface area contributed by atoms with Gasteiger partial charge in [-0.1, -0.05) is 0 Å². The van der Waals surface area contributed by atoms with Crippen molar-refractivity contribution in [3.8, 4) is 0 Å². The fourth-order valence-electron chi connectivity index (χ4n) is 3.64. The predicted octanol–water partition coefficient (Wildman–Crippen LogP) is 7.95. The summed E-state index contributed by atoms with van der Waals surface area (Å²) in [6.07, 6.45) is -3.06. The number of halogens is 2. The second-order valence-electron chi connectivity index (χ2n) is 9.61. The first-order valence-corrected chi connectivity index (χ1v) is 45.5. The summed E-state index contributed by atoms with van der Waals surface area (Å²) in [6.45, 7) is 27.8. The molecule has 0 aromatic rings. The third-order valence-corrected chi connectivity index (χ3v) is 273. The van der Waals surface area contributed by atoms with Crippen LogP contribution in [0.15, 0.2) is 0 Å². The van der Waals surface area contributed by atoms with E-state index in [9.17, 15) is 0 Å². The van der Waals surface area contributed by atoms with Gasteiger partial charge in [0.1, 0.15) is 0 Å². The zero-order chi connectivity index (χ0) is 19.2. The Bertz CT molecular complexity index is 445. The van der Waals surface area contributed by atoms with Crippen molar-refractivity contribution in [2.75, 3.05) is 0 Å². The van der Waals surface area contributed by atoms with Gasteiger partial charge in [-0.25, -0.2) is 0 Å². The molecule has 0 aliphatic carbocycles. The maximum absolute atomic E-state index is 7.79. The van der Waals surface area contributed by atoms with Crippen molar-refractivity contribution in [1.82, 2.24) is 0 Å². The Kier molecular flexibility index (Phi) is 11.2. The van der Waals surface area contributed by atoms with Crippen molar-refractivity contribution in [1.29, 1.82) is 0 Å². The molecule has 0 aromatic heterocycles. The molecule has 0 amide bonds. The summed E-state index contributed by atoms with van der Waals surface area (Å²) >= 11 is 0.419. The second kappa shape index (κ2) is 9.69. The van der Waals surface area contributed by atoms with E-state index in [1.807, 2.05) is 0 Å². The van der Waals surface area contributed by atoms with Crippen LogP contribution in [0.1, 0.15) is 69.2 Å². The molecule has 1 heterocycles. The molecule has 2 atom stereocenters.